The van der Waals surface area contributed by atoms with Gasteiger partial charge in [-0.05, 0) is 37.3 Å². The van der Waals surface area contributed by atoms with E-state index < -0.39 is 29.5 Å². The smallest absolute Gasteiger partial charge is 0.331 e. The molecule has 0 aliphatic heterocycles. The molecule has 2 amide bonds. The number of carboxylic acids is 1. The first-order valence-corrected chi connectivity index (χ1v) is 11.0. The van der Waals surface area contributed by atoms with Crippen LogP contribution in [0.3, 0.4) is 0 Å². The van der Waals surface area contributed by atoms with E-state index in [4.69, 9.17) is 0 Å². The molecule has 0 radical (unpaired) electrons. The molecule has 0 bridgehead atoms. The molecule has 3 atom stereocenters. The second-order valence-corrected chi connectivity index (χ2v) is 9.68. The average molecular weight is 446 g/mol. The minimum Gasteiger partial charge on any atom is -0.478 e. The summed E-state index contributed by atoms with van der Waals surface area (Å²) in [5.74, 6) is -1.53. The highest BCUT2D eigenvalue weighted by Gasteiger charge is 2.38. The maximum absolute atomic E-state index is 13.5. The van der Waals surface area contributed by atoms with E-state index in [2.05, 4.69) is 10.6 Å². The van der Waals surface area contributed by atoms with Crippen LogP contribution in [-0.4, -0.2) is 60.0 Å². The minimum absolute atomic E-state index is 0.00212. The SMILES string of the molecule is CN[C@@H](Cc1ccccc1)C(=O)NC(C(=O)N(C)[C@H](/C=C(\C)C(=O)O)C(C)C)C(C)(C)C. The quantitative estimate of drug-likeness (QED) is 0.481. The molecule has 0 saturated heterocycles. The molecule has 178 valence electrons. The molecular weight excluding hydrogens is 406 g/mol. The molecular formula is C25H39N3O4. The molecule has 0 aliphatic carbocycles. The molecule has 1 aromatic carbocycles. The van der Waals surface area contributed by atoms with E-state index in [-0.39, 0.29) is 23.3 Å². The summed E-state index contributed by atoms with van der Waals surface area (Å²) in [6, 6.07) is 8.02. The van der Waals surface area contributed by atoms with Gasteiger partial charge >= 0.3 is 5.97 Å². The van der Waals surface area contributed by atoms with Crippen molar-refractivity contribution in [3.63, 3.8) is 0 Å². The predicted octanol–water partition coefficient (Wildman–Crippen LogP) is 2.86. The summed E-state index contributed by atoms with van der Waals surface area (Å²) in [5, 5.41) is 15.3. The van der Waals surface area contributed by atoms with Crippen LogP contribution < -0.4 is 10.6 Å². The van der Waals surface area contributed by atoms with Crippen LogP contribution in [-0.2, 0) is 20.8 Å². The summed E-state index contributed by atoms with van der Waals surface area (Å²) in [4.78, 5) is 39.5. The number of nitrogens with one attached hydrogen (secondary N) is 2. The third-order valence-electron chi connectivity index (χ3n) is 5.58. The Labute approximate surface area is 192 Å². The molecule has 7 heteroatoms. The molecule has 0 saturated carbocycles. The predicted molar refractivity (Wildman–Crippen MR) is 127 cm³/mol. The zero-order valence-corrected chi connectivity index (χ0v) is 20.6. The van der Waals surface area contributed by atoms with Gasteiger partial charge in [-0.25, -0.2) is 4.79 Å². The fourth-order valence-corrected chi connectivity index (χ4v) is 3.50. The highest BCUT2D eigenvalue weighted by molar-refractivity contribution is 5.91. The van der Waals surface area contributed by atoms with Crippen molar-refractivity contribution in [2.75, 3.05) is 14.1 Å². The summed E-state index contributed by atoms with van der Waals surface area (Å²) in [7, 11) is 3.38. The van der Waals surface area contributed by atoms with Gasteiger partial charge in [0.25, 0.3) is 0 Å². The summed E-state index contributed by atoms with van der Waals surface area (Å²) < 4.78 is 0. The molecule has 0 heterocycles. The van der Waals surface area contributed by atoms with Crippen molar-refractivity contribution in [2.24, 2.45) is 11.3 Å². The molecule has 3 N–H and O–H groups in total. The topological polar surface area (TPSA) is 98.7 Å². The molecule has 1 rings (SSSR count). The molecule has 0 aliphatic rings. The zero-order chi connectivity index (χ0) is 24.6. The maximum atomic E-state index is 13.5. The van der Waals surface area contributed by atoms with Crippen molar-refractivity contribution in [1.82, 2.24) is 15.5 Å². The molecule has 1 unspecified atom stereocenters. The van der Waals surface area contributed by atoms with E-state index in [1.807, 2.05) is 65.0 Å². The van der Waals surface area contributed by atoms with E-state index in [0.29, 0.717) is 6.42 Å². The first kappa shape index (κ1) is 27.4. The Kier molecular flexibility index (Phi) is 10.1. The Balaban J connectivity index is 3.13. The van der Waals surface area contributed by atoms with E-state index in [1.54, 1.807) is 25.1 Å². The van der Waals surface area contributed by atoms with Crippen molar-refractivity contribution in [3.05, 3.63) is 47.5 Å². The number of amides is 2. The third kappa shape index (κ3) is 7.79. The van der Waals surface area contributed by atoms with Crippen LogP contribution in [0, 0.1) is 11.3 Å². The van der Waals surface area contributed by atoms with Gasteiger partial charge in [0.1, 0.15) is 6.04 Å². The number of carboxylic acid groups (broad SMARTS) is 1. The molecule has 0 aromatic heterocycles. The normalized spacial score (nSPS) is 15.1. The Hall–Kier alpha value is -2.67. The zero-order valence-electron chi connectivity index (χ0n) is 20.6. The van der Waals surface area contributed by atoms with Gasteiger partial charge in [0, 0.05) is 12.6 Å². The highest BCUT2D eigenvalue weighted by Crippen LogP contribution is 2.24. The summed E-state index contributed by atoms with van der Waals surface area (Å²) in [5.41, 5.74) is 0.656. The molecule has 1 aromatic rings. The highest BCUT2D eigenvalue weighted by atomic mass is 16.4. The number of aliphatic carboxylic acids is 1. The Morgan fingerprint density at radius 1 is 1.12 bits per heavy atom. The van der Waals surface area contributed by atoms with Gasteiger partial charge in [0.2, 0.25) is 11.8 Å². The second-order valence-electron chi connectivity index (χ2n) is 9.68. The molecule has 7 nitrogen and oxygen atoms in total. The van der Waals surface area contributed by atoms with E-state index in [0.717, 1.165) is 5.56 Å². The third-order valence-corrected chi connectivity index (χ3v) is 5.58. The maximum Gasteiger partial charge on any atom is 0.331 e. The van der Waals surface area contributed by atoms with Crippen LogP contribution in [0.15, 0.2) is 42.0 Å². The van der Waals surface area contributed by atoms with Gasteiger partial charge < -0.3 is 20.6 Å². The van der Waals surface area contributed by atoms with Gasteiger partial charge in [-0.3, -0.25) is 9.59 Å². The first-order chi connectivity index (χ1) is 14.8. The lowest BCUT2D eigenvalue weighted by atomic mass is 9.84. The number of rotatable bonds is 10. The monoisotopic (exact) mass is 445 g/mol. The van der Waals surface area contributed by atoms with E-state index in [9.17, 15) is 19.5 Å². The van der Waals surface area contributed by atoms with Crippen molar-refractivity contribution in [1.29, 1.82) is 0 Å². The van der Waals surface area contributed by atoms with E-state index >= 15 is 0 Å². The number of carbonyl (C=O) groups excluding carboxylic acids is 2. The summed E-state index contributed by atoms with van der Waals surface area (Å²) in [6.07, 6.45) is 2.09. The van der Waals surface area contributed by atoms with Crippen LogP contribution in [0.1, 0.15) is 47.1 Å². The van der Waals surface area contributed by atoms with Crippen LogP contribution in [0.2, 0.25) is 0 Å². The number of nitrogens with zero attached hydrogens (tertiary/aromatic N) is 1. The first-order valence-electron chi connectivity index (χ1n) is 11.0. The average Bonchev–Trinajstić information content (AvgIpc) is 2.72. The van der Waals surface area contributed by atoms with Crippen LogP contribution in [0.4, 0.5) is 0 Å². The van der Waals surface area contributed by atoms with Crippen LogP contribution >= 0.6 is 0 Å². The minimum atomic E-state index is -1.02. The van der Waals surface area contributed by atoms with E-state index in [1.165, 1.54) is 6.92 Å². The van der Waals surface area contributed by atoms with Crippen molar-refractivity contribution < 1.29 is 19.5 Å². The largest absolute Gasteiger partial charge is 0.478 e. The van der Waals surface area contributed by atoms with Crippen molar-refractivity contribution in [2.45, 2.75) is 66.1 Å². The van der Waals surface area contributed by atoms with Gasteiger partial charge in [-0.15, -0.1) is 0 Å². The van der Waals surface area contributed by atoms with Gasteiger partial charge in [0.15, 0.2) is 0 Å². The van der Waals surface area contributed by atoms with Crippen LogP contribution in [0.25, 0.3) is 0 Å². The fourth-order valence-electron chi connectivity index (χ4n) is 3.50. The van der Waals surface area contributed by atoms with Crippen molar-refractivity contribution >= 4 is 17.8 Å². The lowest BCUT2D eigenvalue weighted by molar-refractivity contribution is -0.140. The van der Waals surface area contributed by atoms with Gasteiger partial charge in [-0.1, -0.05) is 71.0 Å². The van der Waals surface area contributed by atoms with Gasteiger partial charge in [-0.2, -0.15) is 0 Å². The number of benzene rings is 1. The lowest BCUT2D eigenvalue weighted by Crippen LogP contribution is -2.59. The summed E-state index contributed by atoms with van der Waals surface area (Å²) >= 11 is 0. The Morgan fingerprint density at radius 3 is 2.12 bits per heavy atom. The summed E-state index contributed by atoms with van der Waals surface area (Å²) in [6.45, 7) is 11.1. The number of likely N-dealkylation sites (N-methyl/N-ethyl adjacent to an activating group) is 2. The second kappa shape index (κ2) is 11.8. The van der Waals surface area contributed by atoms with Gasteiger partial charge in [0.05, 0.1) is 12.1 Å². The van der Waals surface area contributed by atoms with Crippen LogP contribution in [0.5, 0.6) is 0 Å². The lowest BCUT2D eigenvalue weighted by Gasteiger charge is -2.38. The molecule has 0 fully saturated rings. The fraction of sp³-hybridized carbons (Fsp3) is 0.560. The number of hydrogen-bond acceptors (Lipinski definition) is 4. The Morgan fingerprint density at radius 2 is 1.69 bits per heavy atom. The van der Waals surface area contributed by atoms with Crippen molar-refractivity contribution in [3.8, 4) is 0 Å². The Bertz CT molecular complexity index is 812. The molecule has 0 spiro atoms. The molecule has 32 heavy (non-hydrogen) atoms. The standard InChI is InChI=1S/C25H39N3O4/c1-16(2)20(14-17(3)24(31)32)28(8)23(30)21(25(4,5)6)27-22(29)19(26-7)15-18-12-10-9-11-13-18/h9-14,16,19-21,26H,15H2,1-8H3,(H,27,29)(H,31,32)/b17-14+/t19-,20+,21?/m0/s1. The number of hydrogen-bond donors (Lipinski definition) is 3. The number of carbonyl (C=O) groups is 3.